The predicted molar refractivity (Wildman–Crippen MR) is 53.8 cm³/mol. The van der Waals surface area contributed by atoms with Crippen molar-refractivity contribution >= 4 is 0 Å². The van der Waals surface area contributed by atoms with E-state index in [1.165, 1.54) is 0 Å². The molecular weight excluding hydrogens is 194 g/mol. The summed E-state index contributed by atoms with van der Waals surface area (Å²) in [4.78, 5) is 0. The molecule has 1 aromatic heterocycles. The molecule has 0 aliphatic rings. The number of phenolic OH excluding ortho intramolecular Hbond substituents is 1. The number of phenols is 1. The van der Waals surface area contributed by atoms with Crippen LogP contribution in [-0.2, 0) is 6.42 Å². The van der Waals surface area contributed by atoms with E-state index in [-0.39, 0.29) is 12.4 Å². The summed E-state index contributed by atoms with van der Waals surface area (Å²) >= 11 is 0. The molecular formula is C10H11N3O2. The maximum absolute atomic E-state index is 9.32. The van der Waals surface area contributed by atoms with E-state index >= 15 is 0 Å². The Bertz CT molecular complexity index is 453. The molecule has 0 atom stereocenters. The van der Waals surface area contributed by atoms with Gasteiger partial charge in [0.1, 0.15) is 5.75 Å². The average molecular weight is 205 g/mol. The fourth-order valence-electron chi connectivity index (χ4n) is 1.38. The second kappa shape index (κ2) is 4.10. The van der Waals surface area contributed by atoms with Crippen LogP contribution in [0.3, 0.4) is 0 Å². The topological polar surface area (TPSA) is 71.2 Å². The molecule has 0 spiro atoms. The number of aromatic hydroxyl groups is 1. The van der Waals surface area contributed by atoms with Gasteiger partial charge in [-0.15, -0.1) is 5.10 Å². The number of aliphatic hydroxyl groups is 1. The number of benzene rings is 1. The number of aromatic nitrogens is 3. The summed E-state index contributed by atoms with van der Waals surface area (Å²) in [6, 6.07) is 6.73. The van der Waals surface area contributed by atoms with Gasteiger partial charge in [0.25, 0.3) is 0 Å². The molecule has 1 heterocycles. The van der Waals surface area contributed by atoms with Gasteiger partial charge in [0.15, 0.2) is 0 Å². The molecule has 0 amide bonds. The first-order valence-electron chi connectivity index (χ1n) is 4.61. The summed E-state index contributed by atoms with van der Waals surface area (Å²) in [6.07, 6.45) is 2.09. The molecule has 0 saturated carbocycles. The second-order valence-electron chi connectivity index (χ2n) is 3.13. The van der Waals surface area contributed by atoms with Crippen LogP contribution in [0.5, 0.6) is 5.75 Å². The Balaban J connectivity index is 2.40. The Morgan fingerprint density at radius 1 is 1.33 bits per heavy atom. The van der Waals surface area contributed by atoms with Crippen molar-refractivity contribution < 1.29 is 10.2 Å². The van der Waals surface area contributed by atoms with E-state index in [0.29, 0.717) is 6.42 Å². The zero-order chi connectivity index (χ0) is 10.7. The molecule has 0 radical (unpaired) electrons. The number of hydrogen-bond donors (Lipinski definition) is 2. The predicted octanol–water partition coefficient (Wildman–Crippen LogP) is 0.508. The Kier molecular flexibility index (Phi) is 2.64. The van der Waals surface area contributed by atoms with Crippen molar-refractivity contribution in [3.8, 4) is 11.4 Å². The molecule has 5 nitrogen and oxygen atoms in total. The first-order valence-corrected chi connectivity index (χ1v) is 4.61. The molecule has 2 N–H and O–H groups in total. The van der Waals surface area contributed by atoms with Crippen LogP contribution in [0.25, 0.3) is 5.69 Å². The van der Waals surface area contributed by atoms with Crippen molar-refractivity contribution in [2.24, 2.45) is 0 Å². The van der Waals surface area contributed by atoms with E-state index < -0.39 is 0 Å². The van der Waals surface area contributed by atoms with Crippen molar-refractivity contribution in [3.05, 3.63) is 36.2 Å². The zero-order valence-electron chi connectivity index (χ0n) is 8.04. The van der Waals surface area contributed by atoms with Gasteiger partial charge < -0.3 is 10.2 Å². The molecule has 0 saturated heterocycles. The summed E-state index contributed by atoms with van der Waals surface area (Å²) in [5.74, 6) is 0.179. The molecule has 0 aliphatic carbocycles. The fraction of sp³-hybridized carbons (Fsp3) is 0.200. The standard InChI is InChI=1S/C10H11N3O2/c14-5-4-9-7-11-12-13(9)8-2-1-3-10(15)6-8/h1-3,6-7,14-15H,4-5H2. The monoisotopic (exact) mass is 205 g/mol. The van der Waals surface area contributed by atoms with E-state index in [0.717, 1.165) is 11.4 Å². The molecule has 0 bridgehead atoms. The quantitative estimate of drug-likeness (QED) is 0.765. The largest absolute Gasteiger partial charge is 0.508 e. The van der Waals surface area contributed by atoms with Crippen LogP contribution < -0.4 is 0 Å². The van der Waals surface area contributed by atoms with Crippen LogP contribution in [0.2, 0.25) is 0 Å². The molecule has 0 aliphatic heterocycles. The molecule has 0 fully saturated rings. The van der Waals surface area contributed by atoms with Gasteiger partial charge in [0.2, 0.25) is 0 Å². The third-order valence-corrected chi connectivity index (χ3v) is 2.06. The molecule has 2 rings (SSSR count). The number of nitrogens with zero attached hydrogens (tertiary/aromatic N) is 3. The minimum atomic E-state index is 0.0478. The van der Waals surface area contributed by atoms with Gasteiger partial charge in [0.05, 0.1) is 17.6 Å². The van der Waals surface area contributed by atoms with Crippen molar-refractivity contribution in [3.63, 3.8) is 0 Å². The van der Waals surface area contributed by atoms with E-state index in [1.54, 1.807) is 29.1 Å². The molecule has 0 unspecified atom stereocenters. The lowest BCUT2D eigenvalue weighted by molar-refractivity contribution is 0.297. The van der Waals surface area contributed by atoms with E-state index in [1.807, 2.05) is 6.07 Å². The van der Waals surface area contributed by atoms with Gasteiger partial charge in [-0.25, -0.2) is 4.68 Å². The highest BCUT2D eigenvalue weighted by Crippen LogP contribution is 2.15. The lowest BCUT2D eigenvalue weighted by atomic mass is 10.3. The maximum Gasteiger partial charge on any atom is 0.117 e. The van der Waals surface area contributed by atoms with Crippen molar-refractivity contribution in [1.29, 1.82) is 0 Å². The minimum Gasteiger partial charge on any atom is -0.508 e. The van der Waals surface area contributed by atoms with E-state index in [2.05, 4.69) is 10.3 Å². The Morgan fingerprint density at radius 3 is 2.93 bits per heavy atom. The average Bonchev–Trinajstić information content (AvgIpc) is 2.66. The van der Waals surface area contributed by atoms with E-state index in [4.69, 9.17) is 5.11 Å². The van der Waals surface area contributed by atoms with Gasteiger partial charge in [-0.2, -0.15) is 0 Å². The molecule has 2 aromatic rings. The van der Waals surface area contributed by atoms with Gasteiger partial charge in [-0.05, 0) is 12.1 Å². The normalized spacial score (nSPS) is 10.5. The lowest BCUT2D eigenvalue weighted by Gasteiger charge is -2.04. The highest BCUT2D eigenvalue weighted by atomic mass is 16.3. The number of hydrogen-bond acceptors (Lipinski definition) is 4. The Hall–Kier alpha value is -1.88. The maximum atomic E-state index is 9.32. The third kappa shape index (κ3) is 1.97. The van der Waals surface area contributed by atoms with Gasteiger partial charge in [-0.1, -0.05) is 11.3 Å². The SMILES string of the molecule is OCCc1cnnn1-c1cccc(O)c1. The van der Waals surface area contributed by atoms with Crippen molar-refractivity contribution in [1.82, 2.24) is 15.0 Å². The zero-order valence-corrected chi connectivity index (χ0v) is 8.04. The second-order valence-corrected chi connectivity index (χ2v) is 3.13. The van der Waals surface area contributed by atoms with Crippen LogP contribution in [0.1, 0.15) is 5.69 Å². The molecule has 5 heteroatoms. The summed E-state index contributed by atoms with van der Waals surface area (Å²) < 4.78 is 1.59. The highest BCUT2D eigenvalue weighted by molar-refractivity contribution is 5.38. The first-order chi connectivity index (χ1) is 7.31. The molecule has 78 valence electrons. The summed E-state index contributed by atoms with van der Waals surface area (Å²) in [5.41, 5.74) is 1.54. The third-order valence-electron chi connectivity index (χ3n) is 2.06. The van der Waals surface area contributed by atoms with Crippen LogP contribution in [-0.4, -0.2) is 31.8 Å². The summed E-state index contributed by atoms with van der Waals surface area (Å²) in [7, 11) is 0. The highest BCUT2D eigenvalue weighted by Gasteiger charge is 2.05. The van der Waals surface area contributed by atoms with Crippen LogP contribution in [0.15, 0.2) is 30.5 Å². The number of rotatable bonds is 3. The van der Waals surface area contributed by atoms with Crippen molar-refractivity contribution in [2.45, 2.75) is 6.42 Å². The summed E-state index contributed by atoms with van der Waals surface area (Å²) in [5, 5.41) is 25.8. The Labute approximate surface area is 86.6 Å². The summed E-state index contributed by atoms with van der Waals surface area (Å²) in [6.45, 7) is 0.0478. The molecule has 1 aromatic carbocycles. The van der Waals surface area contributed by atoms with Gasteiger partial charge in [0, 0.05) is 19.1 Å². The lowest BCUT2D eigenvalue weighted by Crippen LogP contribution is -2.03. The van der Waals surface area contributed by atoms with Crippen LogP contribution in [0.4, 0.5) is 0 Å². The fourth-order valence-corrected chi connectivity index (χ4v) is 1.38. The van der Waals surface area contributed by atoms with E-state index in [9.17, 15) is 5.11 Å². The van der Waals surface area contributed by atoms with Crippen LogP contribution in [0, 0.1) is 0 Å². The minimum absolute atomic E-state index is 0.0478. The van der Waals surface area contributed by atoms with Crippen LogP contribution >= 0.6 is 0 Å². The van der Waals surface area contributed by atoms with Gasteiger partial charge in [-0.3, -0.25) is 0 Å². The number of aliphatic hydroxyl groups excluding tert-OH is 1. The Morgan fingerprint density at radius 2 is 2.20 bits per heavy atom. The van der Waals surface area contributed by atoms with Gasteiger partial charge >= 0.3 is 0 Å². The first kappa shape index (κ1) is 9.67. The smallest absolute Gasteiger partial charge is 0.117 e. The molecule has 15 heavy (non-hydrogen) atoms. The van der Waals surface area contributed by atoms with Crippen molar-refractivity contribution in [2.75, 3.05) is 6.61 Å².